The summed E-state index contributed by atoms with van der Waals surface area (Å²) in [6, 6.07) is -0.602. The van der Waals surface area contributed by atoms with E-state index in [1.807, 2.05) is 6.92 Å². The highest BCUT2D eigenvalue weighted by atomic mass is 16.5. The van der Waals surface area contributed by atoms with Gasteiger partial charge in [0.1, 0.15) is 0 Å². The van der Waals surface area contributed by atoms with E-state index in [9.17, 15) is 14.7 Å². The molecule has 1 fully saturated rings. The van der Waals surface area contributed by atoms with E-state index in [4.69, 9.17) is 4.74 Å². The van der Waals surface area contributed by atoms with Gasteiger partial charge in [0.25, 0.3) is 0 Å². The third-order valence-corrected chi connectivity index (χ3v) is 3.86. The minimum absolute atomic E-state index is 0.0929. The van der Waals surface area contributed by atoms with E-state index in [1.165, 1.54) is 0 Å². The highest BCUT2D eigenvalue weighted by Crippen LogP contribution is 2.30. The number of ether oxygens (including phenoxy) is 1. The van der Waals surface area contributed by atoms with Crippen LogP contribution in [0.25, 0.3) is 0 Å². The summed E-state index contributed by atoms with van der Waals surface area (Å²) in [6.45, 7) is 2.73. The summed E-state index contributed by atoms with van der Waals surface area (Å²) in [5.41, 5.74) is -0.0850. The molecule has 4 N–H and O–H groups in total. The maximum atomic E-state index is 11.9. The molecule has 1 aliphatic heterocycles. The Labute approximate surface area is 122 Å². The van der Waals surface area contributed by atoms with Crippen LogP contribution in [0, 0.1) is 5.41 Å². The van der Waals surface area contributed by atoms with Gasteiger partial charge in [0.15, 0.2) is 0 Å². The van der Waals surface area contributed by atoms with Gasteiger partial charge in [-0.15, -0.1) is 0 Å². The van der Waals surface area contributed by atoms with Crippen LogP contribution in [0.2, 0.25) is 0 Å². The lowest BCUT2D eigenvalue weighted by Crippen LogP contribution is -2.49. The van der Waals surface area contributed by atoms with Crippen molar-refractivity contribution < 1.29 is 19.4 Å². The molecule has 8 heteroatoms. The Morgan fingerprint density at radius 2 is 2.24 bits per heavy atom. The number of aliphatic carboxylic acids is 1. The predicted octanol–water partition coefficient (Wildman–Crippen LogP) is 0.651. The summed E-state index contributed by atoms with van der Waals surface area (Å²) in [5, 5.41) is 21.3. The lowest BCUT2D eigenvalue weighted by molar-refractivity contribution is -0.154. The molecule has 0 aromatic carbocycles. The number of H-pyrrole nitrogens is 1. The van der Waals surface area contributed by atoms with Crippen LogP contribution in [0.15, 0.2) is 12.4 Å². The molecule has 0 saturated carbocycles. The van der Waals surface area contributed by atoms with Crippen molar-refractivity contribution in [3.05, 3.63) is 18.0 Å². The highest BCUT2D eigenvalue weighted by molar-refractivity contribution is 5.78. The molecule has 1 aromatic rings. The normalized spacial score (nSPS) is 18.7. The Kier molecular flexibility index (Phi) is 4.79. The molecule has 116 valence electrons. The minimum atomic E-state index is -0.936. The molecule has 0 radical (unpaired) electrons. The summed E-state index contributed by atoms with van der Waals surface area (Å²) in [7, 11) is 0. The lowest BCUT2D eigenvalue weighted by Gasteiger charge is -2.33. The standard InChI is InChI=1S/C13H20N4O4/c1-9(10-6-15-16-7-10)17-12(20)14-8-13(11(18)19)2-4-21-5-3-13/h6-7,9H,2-5,8H2,1H3,(H,15,16)(H,18,19)(H2,14,17,20). The number of aromatic amines is 1. The Balaban J connectivity index is 1.86. The molecule has 0 bridgehead atoms. The van der Waals surface area contributed by atoms with Crippen molar-refractivity contribution in [2.75, 3.05) is 19.8 Å². The number of aromatic nitrogens is 2. The molecule has 0 spiro atoms. The van der Waals surface area contributed by atoms with Crippen molar-refractivity contribution in [3.8, 4) is 0 Å². The zero-order chi connectivity index (χ0) is 15.3. The monoisotopic (exact) mass is 296 g/mol. The van der Waals surface area contributed by atoms with Crippen LogP contribution in [0.1, 0.15) is 31.4 Å². The van der Waals surface area contributed by atoms with E-state index in [-0.39, 0.29) is 12.6 Å². The van der Waals surface area contributed by atoms with Crippen molar-refractivity contribution in [3.63, 3.8) is 0 Å². The zero-order valence-corrected chi connectivity index (χ0v) is 11.9. The number of hydrogen-bond donors (Lipinski definition) is 4. The van der Waals surface area contributed by atoms with Gasteiger partial charge in [0.05, 0.1) is 17.7 Å². The Morgan fingerprint density at radius 3 is 2.81 bits per heavy atom. The van der Waals surface area contributed by atoms with Gasteiger partial charge in [-0.1, -0.05) is 0 Å². The van der Waals surface area contributed by atoms with E-state index in [1.54, 1.807) is 12.4 Å². The van der Waals surface area contributed by atoms with Crippen LogP contribution in [0.5, 0.6) is 0 Å². The average Bonchev–Trinajstić information content (AvgIpc) is 3.00. The van der Waals surface area contributed by atoms with E-state index < -0.39 is 17.4 Å². The van der Waals surface area contributed by atoms with Crippen molar-refractivity contribution >= 4 is 12.0 Å². The fourth-order valence-electron chi connectivity index (χ4n) is 2.31. The second-order valence-electron chi connectivity index (χ2n) is 5.28. The number of hydrogen-bond acceptors (Lipinski definition) is 4. The minimum Gasteiger partial charge on any atom is -0.481 e. The molecule has 2 heterocycles. The number of rotatable bonds is 5. The molecule has 1 unspecified atom stereocenters. The number of carbonyl (C=O) groups excluding carboxylic acids is 1. The average molecular weight is 296 g/mol. The molecule has 1 aliphatic rings. The van der Waals surface area contributed by atoms with E-state index in [0.29, 0.717) is 26.1 Å². The zero-order valence-electron chi connectivity index (χ0n) is 11.9. The van der Waals surface area contributed by atoms with E-state index in [2.05, 4.69) is 20.8 Å². The van der Waals surface area contributed by atoms with Crippen molar-refractivity contribution in [1.29, 1.82) is 0 Å². The van der Waals surface area contributed by atoms with Gasteiger partial charge in [-0.05, 0) is 19.8 Å². The highest BCUT2D eigenvalue weighted by Gasteiger charge is 2.40. The molecule has 2 amide bonds. The molecular formula is C13H20N4O4. The van der Waals surface area contributed by atoms with Crippen LogP contribution in [0.4, 0.5) is 4.79 Å². The summed E-state index contributed by atoms with van der Waals surface area (Å²) >= 11 is 0. The number of nitrogens with zero attached hydrogens (tertiary/aromatic N) is 1. The third-order valence-electron chi connectivity index (χ3n) is 3.86. The van der Waals surface area contributed by atoms with Gasteiger partial charge < -0.3 is 20.5 Å². The first kappa shape index (κ1) is 15.3. The largest absolute Gasteiger partial charge is 0.481 e. The van der Waals surface area contributed by atoms with Crippen LogP contribution in [-0.4, -0.2) is 47.1 Å². The number of carboxylic acids is 1. The van der Waals surface area contributed by atoms with Gasteiger partial charge in [-0.2, -0.15) is 5.10 Å². The topological polar surface area (TPSA) is 116 Å². The van der Waals surface area contributed by atoms with Crippen LogP contribution >= 0.6 is 0 Å². The van der Waals surface area contributed by atoms with Gasteiger partial charge in [-0.25, -0.2) is 4.79 Å². The number of nitrogens with one attached hydrogen (secondary N) is 3. The maximum absolute atomic E-state index is 11.9. The Bertz CT molecular complexity index is 482. The summed E-state index contributed by atoms with van der Waals surface area (Å²) in [5.74, 6) is -0.894. The van der Waals surface area contributed by atoms with Crippen molar-refractivity contribution in [2.24, 2.45) is 5.41 Å². The van der Waals surface area contributed by atoms with Crippen molar-refractivity contribution in [2.45, 2.75) is 25.8 Å². The molecular weight excluding hydrogens is 276 g/mol. The second kappa shape index (κ2) is 6.57. The number of urea groups is 1. The van der Waals surface area contributed by atoms with Gasteiger partial charge in [0.2, 0.25) is 0 Å². The van der Waals surface area contributed by atoms with E-state index in [0.717, 1.165) is 5.56 Å². The third kappa shape index (κ3) is 3.72. The SMILES string of the molecule is CC(NC(=O)NCC1(C(=O)O)CCOCC1)c1cn[nH]c1. The molecule has 2 rings (SSSR count). The molecule has 8 nitrogen and oxygen atoms in total. The number of carboxylic acid groups (broad SMARTS) is 1. The van der Waals surface area contributed by atoms with Crippen molar-refractivity contribution in [1.82, 2.24) is 20.8 Å². The summed E-state index contributed by atoms with van der Waals surface area (Å²) < 4.78 is 5.19. The molecule has 1 saturated heterocycles. The van der Waals surface area contributed by atoms with Gasteiger partial charge in [0, 0.05) is 31.5 Å². The maximum Gasteiger partial charge on any atom is 0.315 e. The van der Waals surface area contributed by atoms with Crippen LogP contribution in [-0.2, 0) is 9.53 Å². The fraction of sp³-hybridized carbons (Fsp3) is 0.615. The van der Waals surface area contributed by atoms with Gasteiger partial charge in [-0.3, -0.25) is 9.89 Å². The lowest BCUT2D eigenvalue weighted by atomic mass is 9.80. The summed E-state index contributed by atoms with van der Waals surface area (Å²) in [4.78, 5) is 23.3. The van der Waals surface area contributed by atoms with Crippen LogP contribution in [0.3, 0.4) is 0 Å². The molecule has 21 heavy (non-hydrogen) atoms. The number of carbonyl (C=O) groups is 2. The molecule has 0 aliphatic carbocycles. The first-order valence-corrected chi connectivity index (χ1v) is 6.88. The molecule has 1 aromatic heterocycles. The number of amides is 2. The smallest absolute Gasteiger partial charge is 0.315 e. The summed E-state index contributed by atoms with van der Waals surface area (Å²) in [6.07, 6.45) is 4.13. The molecule has 1 atom stereocenters. The fourth-order valence-corrected chi connectivity index (χ4v) is 2.31. The Hall–Kier alpha value is -2.09. The Morgan fingerprint density at radius 1 is 1.52 bits per heavy atom. The van der Waals surface area contributed by atoms with Crippen LogP contribution < -0.4 is 10.6 Å². The first-order chi connectivity index (χ1) is 10.0. The van der Waals surface area contributed by atoms with E-state index >= 15 is 0 Å². The first-order valence-electron chi connectivity index (χ1n) is 6.88. The quantitative estimate of drug-likeness (QED) is 0.636. The predicted molar refractivity (Wildman–Crippen MR) is 73.7 cm³/mol. The van der Waals surface area contributed by atoms with Gasteiger partial charge >= 0.3 is 12.0 Å². The second-order valence-corrected chi connectivity index (χ2v) is 5.28.